The molecule has 0 bridgehead atoms. The number of furan rings is 1. The maximum atomic E-state index is 12.1. The van der Waals surface area contributed by atoms with E-state index in [2.05, 4.69) is 5.32 Å². The molecule has 1 aliphatic heterocycles. The van der Waals surface area contributed by atoms with E-state index in [0.717, 1.165) is 0 Å². The van der Waals surface area contributed by atoms with Crippen LogP contribution in [0.1, 0.15) is 5.76 Å². The minimum Gasteiger partial charge on any atom is -0.480 e. The number of carboxylic acids is 1. The fourth-order valence-electron chi connectivity index (χ4n) is 2.43. The van der Waals surface area contributed by atoms with Gasteiger partial charge in [0, 0.05) is 17.2 Å². The number of aliphatic carboxylic acids is 1. The summed E-state index contributed by atoms with van der Waals surface area (Å²) in [6.45, 7) is -0.775. The van der Waals surface area contributed by atoms with Gasteiger partial charge < -0.3 is 14.8 Å². The topological polar surface area (TPSA) is 143 Å². The molecule has 1 aromatic heterocycles. The van der Waals surface area contributed by atoms with Crippen molar-refractivity contribution in [1.29, 1.82) is 0 Å². The van der Waals surface area contributed by atoms with Crippen molar-refractivity contribution >= 4 is 41.3 Å². The van der Waals surface area contributed by atoms with Gasteiger partial charge in [-0.1, -0.05) is 11.6 Å². The maximum absolute atomic E-state index is 12.1. The van der Waals surface area contributed by atoms with Gasteiger partial charge in [0.05, 0.1) is 10.5 Å². The first-order valence-electron chi connectivity index (χ1n) is 7.37. The van der Waals surface area contributed by atoms with Crippen LogP contribution in [0.15, 0.2) is 40.4 Å². The third-order valence-corrected chi connectivity index (χ3v) is 3.83. The van der Waals surface area contributed by atoms with Gasteiger partial charge in [-0.25, -0.2) is 9.69 Å². The van der Waals surface area contributed by atoms with Crippen molar-refractivity contribution in [2.24, 2.45) is 0 Å². The van der Waals surface area contributed by atoms with Gasteiger partial charge in [-0.3, -0.25) is 19.7 Å². The third kappa shape index (κ3) is 3.65. The normalized spacial score (nSPS) is 15.3. The van der Waals surface area contributed by atoms with Gasteiger partial charge in [-0.05, 0) is 24.3 Å². The van der Waals surface area contributed by atoms with E-state index in [1.54, 1.807) is 0 Å². The molecular weight excluding hydrogens is 382 g/mol. The lowest BCUT2D eigenvalue weighted by molar-refractivity contribution is -0.384. The number of nitrogens with one attached hydrogen (secondary N) is 1. The second-order valence-corrected chi connectivity index (χ2v) is 5.83. The number of carbonyl (C=O) groups excluding carboxylic acids is 2. The summed E-state index contributed by atoms with van der Waals surface area (Å²) in [5.74, 6) is -1.87. The van der Waals surface area contributed by atoms with Crippen LogP contribution >= 0.6 is 11.6 Å². The molecule has 10 nitrogen and oxygen atoms in total. The number of hydrogen-bond donors (Lipinski definition) is 2. The third-order valence-electron chi connectivity index (χ3n) is 3.59. The van der Waals surface area contributed by atoms with Crippen LogP contribution in [0.3, 0.4) is 0 Å². The lowest BCUT2D eigenvalue weighted by atomic mass is 10.1. The second-order valence-electron chi connectivity index (χ2n) is 5.39. The number of halogens is 1. The molecule has 0 spiro atoms. The van der Waals surface area contributed by atoms with E-state index < -0.39 is 29.4 Å². The zero-order valence-corrected chi connectivity index (χ0v) is 14.1. The van der Waals surface area contributed by atoms with Crippen molar-refractivity contribution in [3.8, 4) is 11.3 Å². The van der Waals surface area contributed by atoms with Crippen molar-refractivity contribution in [3.05, 3.63) is 56.9 Å². The summed E-state index contributed by atoms with van der Waals surface area (Å²) in [4.78, 5) is 45.6. The quantitative estimate of drug-likeness (QED) is 0.345. The predicted molar refractivity (Wildman–Crippen MR) is 91.7 cm³/mol. The average molecular weight is 392 g/mol. The van der Waals surface area contributed by atoms with E-state index in [-0.39, 0.29) is 33.5 Å². The number of benzene rings is 1. The van der Waals surface area contributed by atoms with Gasteiger partial charge in [0.25, 0.3) is 11.6 Å². The highest BCUT2D eigenvalue weighted by atomic mass is 35.5. The van der Waals surface area contributed by atoms with E-state index in [1.165, 1.54) is 36.4 Å². The number of carbonyl (C=O) groups is 3. The number of urea groups is 1. The summed E-state index contributed by atoms with van der Waals surface area (Å²) < 4.78 is 5.50. The van der Waals surface area contributed by atoms with Crippen LogP contribution in [-0.2, 0) is 9.59 Å². The molecule has 2 N–H and O–H groups in total. The zero-order chi connectivity index (χ0) is 19.7. The Balaban J connectivity index is 1.91. The van der Waals surface area contributed by atoms with Crippen LogP contribution in [0.25, 0.3) is 17.4 Å². The number of hydrogen-bond acceptors (Lipinski definition) is 6. The van der Waals surface area contributed by atoms with E-state index >= 15 is 0 Å². The number of nitro groups is 1. The predicted octanol–water partition coefficient (Wildman–Crippen LogP) is 2.49. The summed E-state index contributed by atoms with van der Waals surface area (Å²) in [6, 6.07) is 6.11. The molecule has 1 aliphatic rings. The monoisotopic (exact) mass is 391 g/mol. The largest absolute Gasteiger partial charge is 0.480 e. The van der Waals surface area contributed by atoms with Crippen LogP contribution in [0.5, 0.6) is 0 Å². The summed E-state index contributed by atoms with van der Waals surface area (Å²) in [6.07, 6.45) is 1.20. The Morgan fingerprint density at radius 2 is 2.07 bits per heavy atom. The van der Waals surface area contributed by atoms with Crippen LogP contribution in [0.2, 0.25) is 5.02 Å². The number of imide groups is 1. The van der Waals surface area contributed by atoms with Gasteiger partial charge in [0.1, 0.15) is 23.8 Å². The first-order valence-corrected chi connectivity index (χ1v) is 7.74. The number of nitro benzene ring substituents is 1. The molecule has 0 aliphatic carbocycles. The molecule has 3 amide bonds. The molecule has 1 fully saturated rings. The van der Waals surface area contributed by atoms with Crippen molar-refractivity contribution in [1.82, 2.24) is 10.2 Å². The van der Waals surface area contributed by atoms with Crippen LogP contribution < -0.4 is 5.32 Å². The zero-order valence-electron chi connectivity index (χ0n) is 13.3. The Labute approximate surface area is 155 Å². The van der Waals surface area contributed by atoms with Crippen molar-refractivity contribution in [2.45, 2.75) is 0 Å². The molecule has 27 heavy (non-hydrogen) atoms. The standard InChI is InChI=1S/C16H10ClN3O7/c17-8-1-3-10(12(5-8)20(25)26)13-4-2-9(27-13)6-11-15(23)19(7-14(21)22)16(24)18-11/h1-6H,7H2,(H,18,24)(H,21,22)/b11-6+. The summed E-state index contributed by atoms with van der Waals surface area (Å²) in [5.41, 5.74) is -0.245. The molecule has 2 heterocycles. The van der Waals surface area contributed by atoms with Crippen molar-refractivity contribution < 1.29 is 28.8 Å². The highest BCUT2D eigenvalue weighted by Gasteiger charge is 2.35. The van der Waals surface area contributed by atoms with Gasteiger partial charge >= 0.3 is 12.0 Å². The average Bonchev–Trinajstić information content (AvgIpc) is 3.15. The maximum Gasteiger partial charge on any atom is 0.329 e. The molecule has 3 rings (SSSR count). The first-order chi connectivity index (χ1) is 12.8. The highest BCUT2D eigenvalue weighted by molar-refractivity contribution is 6.30. The molecule has 2 aromatic rings. The van der Waals surface area contributed by atoms with Gasteiger partial charge in [0.15, 0.2) is 0 Å². The number of rotatable bonds is 5. The first kappa shape index (κ1) is 18.1. The number of amides is 3. The molecule has 0 radical (unpaired) electrons. The number of nitrogens with zero attached hydrogens (tertiary/aromatic N) is 2. The van der Waals surface area contributed by atoms with E-state index in [0.29, 0.717) is 4.90 Å². The summed E-state index contributed by atoms with van der Waals surface area (Å²) in [7, 11) is 0. The molecule has 1 aromatic carbocycles. The SMILES string of the molecule is O=C(O)CN1C(=O)N/C(=C/c2ccc(-c3ccc(Cl)cc3[N+](=O)[O-])o2)C1=O. The fourth-order valence-corrected chi connectivity index (χ4v) is 2.60. The van der Waals surface area contributed by atoms with Crippen LogP contribution in [0, 0.1) is 10.1 Å². The van der Waals surface area contributed by atoms with E-state index in [9.17, 15) is 24.5 Å². The molecule has 0 atom stereocenters. The summed E-state index contributed by atoms with van der Waals surface area (Å²) >= 11 is 5.78. The summed E-state index contributed by atoms with van der Waals surface area (Å²) in [5, 5.41) is 22.3. The number of carboxylic acid groups (broad SMARTS) is 1. The minimum absolute atomic E-state index is 0.134. The Kier molecular flexibility index (Phi) is 4.65. The van der Waals surface area contributed by atoms with E-state index in [4.69, 9.17) is 21.1 Å². The molecular formula is C16H10ClN3O7. The Bertz CT molecular complexity index is 1010. The molecule has 1 saturated heterocycles. The van der Waals surface area contributed by atoms with Crippen molar-refractivity contribution in [2.75, 3.05) is 6.54 Å². The lowest BCUT2D eigenvalue weighted by Gasteiger charge is -2.06. The van der Waals surface area contributed by atoms with Gasteiger partial charge in [0.2, 0.25) is 0 Å². The minimum atomic E-state index is -1.34. The fraction of sp³-hybridized carbons (Fsp3) is 0.0625. The second kappa shape index (κ2) is 6.92. The molecule has 0 saturated carbocycles. The van der Waals surface area contributed by atoms with Crippen molar-refractivity contribution in [3.63, 3.8) is 0 Å². The van der Waals surface area contributed by atoms with Gasteiger partial charge in [-0.15, -0.1) is 0 Å². The molecule has 0 unspecified atom stereocenters. The van der Waals surface area contributed by atoms with Gasteiger partial charge in [-0.2, -0.15) is 0 Å². The van der Waals surface area contributed by atoms with E-state index in [1.807, 2.05) is 0 Å². The molecule has 138 valence electrons. The Morgan fingerprint density at radius 1 is 1.33 bits per heavy atom. The lowest BCUT2D eigenvalue weighted by Crippen LogP contribution is -2.35. The smallest absolute Gasteiger partial charge is 0.329 e. The Morgan fingerprint density at radius 3 is 2.74 bits per heavy atom. The highest BCUT2D eigenvalue weighted by Crippen LogP contribution is 2.33. The van der Waals surface area contributed by atoms with Crippen LogP contribution in [-0.4, -0.2) is 39.4 Å². The van der Waals surface area contributed by atoms with Crippen LogP contribution in [0.4, 0.5) is 10.5 Å². The molecule has 11 heteroatoms. The Hall–Kier alpha value is -3.66.